The molecule has 4 nitrogen and oxygen atoms in total. The molecular weight excluding hydrogens is 344 g/mol. The number of amides is 1. The van der Waals surface area contributed by atoms with E-state index in [1.165, 1.54) is 0 Å². The second-order valence-electron chi connectivity index (χ2n) is 6.83. The molecule has 0 unspecified atom stereocenters. The van der Waals surface area contributed by atoms with Crippen molar-refractivity contribution < 1.29 is 4.79 Å². The van der Waals surface area contributed by atoms with Gasteiger partial charge < -0.3 is 9.47 Å². The summed E-state index contributed by atoms with van der Waals surface area (Å²) in [6.45, 7) is 6.56. The number of carbonyl (C=O) groups excluding carboxylic acids is 1. The van der Waals surface area contributed by atoms with Crippen molar-refractivity contribution in [2.45, 2.75) is 39.8 Å². The number of hydrogen-bond acceptors (Lipinski definition) is 3. The van der Waals surface area contributed by atoms with Crippen molar-refractivity contribution >= 4 is 28.1 Å². The molecule has 0 saturated heterocycles. The van der Waals surface area contributed by atoms with Gasteiger partial charge in [0.05, 0.1) is 5.52 Å². The lowest BCUT2D eigenvalue weighted by molar-refractivity contribution is 0.0670. The molecule has 0 bridgehead atoms. The van der Waals surface area contributed by atoms with Gasteiger partial charge in [0.2, 0.25) is 5.43 Å². The monoisotopic (exact) mass is 368 g/mol. The fraction of sp³-hybridized carbons (Fsp3) is 0.333. The third-order valence-electron chi connectivity index (χ3n) is 4.89. The average Bonchev–Trinajstić information content (AvgIpc) is 3.14. The van der Waals surface area contributed by atoms with Crippen molar-refractivity contribution in [3.63, 3.8) is 0 Å². The quantitative estimate of drug-likeness (QED) is 0.672. The summed E-state index contributed by atoms with van der Waals surface area (Å²) in [4.78, 5) is 28.1. The molecule has 0 saturated carbocycles. The highest BCUT2D eigenvalue weighted by molar-refractivity contribution is 7.07. The number of hydrogen-bond donors (Lipinski definition) is 0. The molecule has 0 N–H and O–H groups in total. The average molecular weight is 369 g/mol. The number of benzene rings is 1. The maximum atomic E-state index is 13.3. The highest BCUT2D eigenvalue weighted by Gasteiger charge is 2.24. The maximum absolute atomic E-state index is 13.3. The van der Waals surface area contributed by atoms with Crippen LogP contribution in [0.4, 0.5) is 0 Å². The summed E-state index contributed by atoms with van der Waals surface area (Å²) < 4.78 is 1.86. The lowest BCUT2D eigenvalue weighted by atomic mass is 10.1. The second kappa shape index (κ2) is 7.46. The van der Waals surface area contributed by atoms with Gasteiger partial charge in [-0.05, 0) is 54.8 Å². The Labute approximate surface area is 157 Å². The number of aromatic nitrogens is 1. The summed E-state index contributed by atoms with van der Waals surface area (Å²) in [5, 5.41) is 4.65. The molecule has 0 fully saturated rings. The first-order valence-electron chi connectivity index (χ1n) is 8.84. The van der Waals surface area contributed by atoms with E-state index in [1.54, 1.807) is 22.4 Å². The number of fused-ring (bicyclic) bond motifs is 1. The molecule has 0 aliphatic carbocycles. The number of rotatable bonds is 5. The van der Waals surface area contributed by atoms with E-state index >= 15 is 0 Å². The summed E-state index contributed by atoms with van der Waals surface area (Å²) in [6, 6.07) is 7.85. The van der Waals surface area contributed by atoms with E-state index in [9.17, 15) is 9.59 Å². The van der Waals surface area contributed by atoms with E-state index in [1.807, 2.05) is 60.5 Å². The van der Waals surface area contributed by atoms with Crippen LogP contribution in [0.25, 0.3) is 10.9 Å². The fourth-order valence-corrected chi connectivity index (χ4v) is 3.80. The molecule has 5 heteroatoms. The number of pyridine rings is 1. The smallest absolute Gasteiger partial charge is 0.259 e. The third kappa shape index (κ3) is 3.44. The fourth-order valence-electron chi connectivity index (χ4n) is 3.14. The van der Waals surface area contributed by atoms with Crippen molar-refractivity contribution in [1.82, 2.24) is 9.47 Å². The van der Waals surface area contributed by atoms with E-state index in [-0.39, 0.29) is 22.9 Å². The zero-order valence-electron chi connectivity index (χ0n) is 15.7. The lowest BCUT2D eigenvalue weighted by Crippen LogP contribution is -2.40. The first kappa shape index (κ1) is 18.4. The van der Waals surface area contributed by atoms with Crippen LogP contribution in [0.1, 0.15) is 41.8 Å². The minimum absolute atomic E-state index is 0.0558. The van der Waals surface area contributed by atoms with Crippen LogP contribution in [-0.2, 0) is 13.6 Å². The van der Waals surface area contributed by atoms with E-state index in [0.717, 1.165) is 23.1 Å². The van der Waals surface area contributed by atoms with Gasteiger partial charge >= 0.3 is 0 Å². The first-order chi connectivity index (χ1) is 12.4. The van der Waals surface area contributed by atoms with Crippen LogP contribution < -0.4 is 5.43 Å². The van der Waals surface area contributed by atoms with Crippen LogP contribution in [0.2, 0.25) is 0 Å². The van der Waals surface area contributed by atoms with Gasteiger partial charge in [-0.1, -0.05) is 18.6 Å². The minimum atomic E-state index is -0.199. The molecule has 3 aromatic rings. The molecule has 3 rings (SSSR count). The summed E-state index contributed by atoms with van der Waals surface area (Å²) in [6.07, 6.45) is 2.51. The van der Waals surface area contributed by atoms with Crippen LogP contribution >= 0.6 is 11.3 Å². The number of aryl methyl sites for hydroxylation is 2. The molecule has 0 aliphatic heterocycles. The van der Waals surface area contributed by atoms with Gasteiger partial charge in [0.15, 0.2) is 0 Å². The Morgan fingerprint density at radius 3 is 2.73 bits per heavy atom. The van der Waals surface area contributed by atoms with Gasteiger partial charge in [0.1, 0.15) is 5.56 Å². The molecule has 2 aromatic heterocycles. The molecule has 26 heavy (non-hydrogen) atoms. The van der Waals surface area contributed by atoms with Crippen LogP contribution in [0.15, 0.2) is 46.0 Å². The number of carbonyl (C=O) groups is 1. The third-order valence-corrected chi connectivity index (χ3v) is 5.62. The Kier molecular flexibility index (Phi) is 5.28. The van der Waals surface area contributed by atoms with Gasteiger partial charge in [-0.15, -0.1) is 0 Å². The zero-order valence-corrected chi connectivity index (χ0v) is 16.5. The highest BCUT2D eigenvalue weighted by atomic mass is 32.1. The first-order valence-corrected chi connectivity index (χ1v) is 9.78. The zero-order chi connectivity index (χ0) is 18.8. The van der Waals surface area contributed by atoms with Gasteiger partial charge in [0, 0.05) is 31.2 Å². The van der Waals surface area contributed by atoms with Crippen molar-refractivity contribution in [3.05, 3.63) is 68.1 Å². The summed E-state index contributed by atoms with van der Waals surface area (Å²) in [5.74, 6) is -0.199. The Morgan fingerprint density at radius 1 is 1.31 bits per heavy atom. The molecule has 0 radical (unpaired) electrons. The summed E-state index contributed by atoms with van der Waals surface area (Å²) >= 11 is 1.61. The molecule has 0 aliphatic rings. The van der Waals surface area contributed by atoms with Gasteiger partial charge in [-0.25, -0.2) is 0 Å². The van der Waals surface area contributed by atoms with Gasteiger partial charge in [-0.3, -0.25) is 9.59 Å². The Hall–Kier alpha value is -2.40. The van der Waals surface area contributed by atoms with Crippen LogP contribution in [0, 0.1) is 6.92 Å². The number of thiophene rings is 1. The lowest BCUT2D eigenvalue weighted by Gasteiger charge is -2.28. The largest absolute Gasteiger partial charge is 0.350 e. The predicted molar refractivity (Wildman–Crippen MR) is 108 cm³/mol. The van der Waals surface area contributed by atoms with Crippen LogP contribution in [0.3, 0.4) is 0 Å². The number of nitrogens with zero attached hydrogens (tertiary/aromatic N) is 2. The minimum Gasteiger partial charge on any atom is -0.350 e. The van der Waals surface area contributed by atoms with Crippen molar-refractivity contribution in [2.75, 3.05) is 0 Å². The second-order valence-corrected chi connectivity index (χ2v) is 7.61. The molecule has 0 spiro atoms. The maximum Gasteiger partial charge on any atom is 0.259 e. The van der Waals surface area contributed by atoms with Gasteiger partial charge in [0.25, 0.3) is 5.91 Å². The standard InChI is InChI=1S/C21H24N2O2S/c1-5-15(3)23(11-16-8-9-26-13-16)21(25)18-12-22(4)19-7-6-14(2)10-17(19)20(18)24/h6-10,12-13,15H,5,11H2,1-4H3/t15-/m0/s1. The van der Waals surface area contributed by atoms with E-state index < -0.39 is 0 Å². The van der Waals surface area contributed by atoms with E-state index in [0.29, 0.717) is 11.9 Å². The molecule has 1 aromatic carbocycles. The van der Waals surface area contributed by atoms with Crippen LogP contribution in [0.5, 0.6) is 0 Å². The van der Waals surface area contributed by atoms with Crippen molar-refractivity contribution in [2.24, 2.45) is 7.05 Å². The SMILES string of the molecule is CC[C@H](C)N(Cc1ccsc1)C(=O)c1cn(C)c2ccc(C)cc2c1=O. The van der Waals surface area contributed by atoms with Crippen molar-refractivity contribution in [1.29, 1.82) is 0 Å². The molecule has 1 amide bonds. The van der Waals surface area contributed by atoms with E-state index in [2.05, 4.69) is 6.92 Å². The van der Waals surface area contributed by atoms with E-state index in [4.69, 9.17) is 0 Å². The normalized spacial score (nSPS) is 12.3. The predicted octanol–water partition coefficient (Wildman–Crippen LogP) is 4.35. The van der Waals surface area contributed by atoms with Crippen LogP contribution in [-0.4, -0.2) is 21.4 Å². The molecule has 1 atom stereocenters. The summed E-state index contributed by atoms with van der Waals surface area (Å²) in [7, 11) is 1.88. The highest BCUT2D eigenvalue weighted by Crippen LogP contribution is 2.18. The Bertz CT molecular complexity index is 989. The van der Waals surface area contributed by atoms with Gasteiger partial charge in [-0.2, -0.15) is 11.3 Å². The molecule has 2 heterocycles. The summed E-state index contributed by atoms with van der Waals surface area (Å²) in [5.41, 5.74) is 2.99. The molecule has 136 valence electrons. The van der Waals surface area contributed by atoms with Crippen molar-refractivity contribution in [3.8, 4) is 0 Å². The Balaban J connectivity index is 2.09. The Morgan fingerprint density at radius 2 is 2.08 bits per heavy atom. The topological polar surface area (TPSA) is 42.3 Å². The molecular formula is C21H24N2O2S.